The topological polar surface area (TPSA) is 59.2 Å². The maximum absolute atomic E-state index is 10.8. The van der Waals surface area contributed by atoms with Gasteiger partial charge in [-0.2, -0.15) is 0 Å². The van der Waals surface area contributed by atoms with E-state index in [1.165, 1.54) is 6.20 Å². The number of amides is 1. The van der Waals surface area contributed by atoms with Crippen LogP contribution in [0.2, 0.25) is 0 Å². The van der Waals surface area contributed by atoms with E-state index in [0.717, 1.165) is 18.9 Å². The standard InChI is InChI=1S/C10H15N3O/c1-3-13(4-2)9-6-5-8(7-12-9)10(11)14/h5-7H,3-4H2,1-2H3,(H2,11,14). The number of nitrogens with zero attached hydrogens (tertiary/aromatic N) is 2. The van der Waals surface area contributed by atoms with Gasteiger partial charge in [-0.25, -0.2) is 4.98 Å². The molecule has 4 heteroatoms. The lowest BCUT2D eigenvalue weighted by Gasteiger charge is -2.19. The molecule has 14 heavy (non-hydrogen) atoms. The Labute approximate surface area is 83.7 Å². The van der Waals surface area contributed by atoms with Crippen molar-refractivity contribution in [2.45, 2.75) is 13.8 Å². The highest BCUT2D eigenvalue weighted by Crippen LogP contribution is 2.10. The number of hydrogen-bond acceptors (Lipinski definition) is 3. The Balaban J connectivity index is 2.87. The molecule has 1 amide bonds. The SMILES string of the molecule is CCN(CC)c1ccc(C(N)=O)cn1. The van der Waals surface area contributed by atoms with Crippen LogP contribution in [-0.4, -0.2) is 24.0 Å². The van der Waals surface area contributed by atoms with E-state index in [0.29, 0.717) is 5.56 Å². The van der Waals surface area contributed by atoms with Crippen molar-refractivity contribution in [2.24, 2.45) is 5.73 Å². The van der Waals surface area contributed by atoms with E-state index < -0.39 is 5.91 Å². The summed E-state index contributed by atoms with van der Waals surface area (Å²) >= 11 is 0. The van der Waals surface area contributed by atoms with E-state index in [1.54, 1.807) is 6.07 Å². The maximum atomic E-state index is 10.8. The van der Waals surface area contributed by atoms with Crippen molar-refractivity contribution in [2.75, 3.05) is 18.0 Å². The van der Waals surface area contributed by atoms with Crippen molar-refractivity contribution in [3.05, 3.63) is 23.9 Å². The van der Waals surface area contributed by atoms with Crippen LogP contribution in [0.3, 0.4) is 0 Å². The second-order valence-corrected chi connectivity index (χ2v) is 2.94. The van der Waals surface area contributed by atoms with Gasteiger partial charge in [-0.15, -0.1) is 0 Å². The molecule has 1 aromatic heterocycles. The number of anilines is 1. The van der Waals surface area contributed by atoms with Gasteiger partial charge in [0.2, 0.25) is 5.91 Å². The highest BCUT2D eigenvalue weighted by atomic mass is 16.1. The second-order valence-electron chi connectivity index (χ2n) is 2.94. The van der Waals surface area contributed by atoms with Crippen LogP contribution >= 0.6 is 0 Å². The van der Waals surface area contributed by atoms with Crippen LogP contribution in [0.5, 0.6) is 0 Å². The van der Waals surface area contributed by atoms with Crippen molar-refractivity contribution in [1.82, 2.24) is 4.98 Å². The van der Waals surface area contributed by atoms with Crippen LogP contribution < -0.4 is 10.6 Å². The molecule has 1 aromatic rings. The van der Waals surface area contributed by atoms with Gasteiger partial charge >= 0.3 is 0 Å². The van der Waals surface area contributed by atoms with Crippen molar-refractivity contribution in [3.63, 3.8) is 0 Å². The number of nitrogens with two attached hydrogens (primary N) is 1. The molecule has 0 fully saturated rings. The Hall–Kier alpha value is -1.58. The van der Waals surface area contributed by atoms with Crippen molar-refractivity contribution < 1.29 is 4.79 Å². The van der Waals surface area contributed by atoms with Crippen molar-refractivity contribution in [3.8, 4) is 0 Å². The summed E-state index contributed by atoms with van der Waals surface area (Å²) in [7, 11) is 0. The summed E-state index contributed by atoms with van der Waals surface area (Å²) in [6.45, 7) is 5.93. The molecule has 0 saturated carbocycles. The molecule has 0 radical (unpaired) electrons. The highest BCUT2D eigenvalue weighted by molar-refractivity contribution is 5.92. The summed E-state index contributed by atoms with van der Waals surface area (Å²) in [5, 5.41) is 0. The van der Waals surface area contributed by atoms with E-state index in [1.807, 2.05) is 6.07 Å². The minimum atomic E-state index is -0.441. The average molecular weight is 193 g/mol. The van der Waals surface area contributed by atoms with Gasteiger partial charge in [0.15, 0.2) is 0 Å². The largest absolute Gasteiger partial charge is 0.366 e. The van der Waals surface area contributed by atoms with E-state index in [-0.39, 0.29) is 0 Å². The Kier molecular flexibility index (Phi) is 3.45. The average Bonchev–Trinajstić information content (AvgIpc) is 2.20. The predicted molar refractivity (Wildman–Crippen MR) is 56.3 cm³/mol. The smallest absolute Gasteiger partial charge is 0.250 e. The predicted octanol–water partition coefficient (Wildman–Crippen LogP) is 1.03. The Morgan fingerprint density at radius 3 is 2.43 bits per heavy atom. The molecule has 0 unspecified atom stereocenters. The maximum Gasteiger partial charge on any atom is 0.250 e. The zero-order valence-corrected chi connectivity index (χ0v) is 8.53. The van der Waals surface area contributed by atoms with Crippen LogP contribution in [0.15, 0.2) is 18.3 Å². The zero-order valence-electron chi connectivity index (χ0n) is 8.53. The summed E-state index contributed by atoms with van der Waals surface area (Å²) in [5.41, 5.74) is 5.56. The van der Waals surface area contributed by atoms with E-state index >= 15 is 0 Å². The third kappa shape index (κ3) is 2.22. The fourth-order valence-corrected chi connectivity index (χ4v) is 1.27. The third-order valence-electron chi connectivity index (χ3n) is 2.12. The fourth-order valence-electron chi connectivity index (χ4n) is 1.27. The molecule has 4 nitrogen and oxygen atoms in total. The normalized spacial score (nSPS) is 9.86. The van der Waals surface area contributed by atoms with Gasteiger partial charge in [-0.3, -0.25) is 4.79 Å². The lowest BCUT2D eigenvalue weighted by Crippen LogP contribution is -2.23. The summed E-state index contributed by atoms with van der Waals surface area (Å²) in [4.78, 5) is 17.1. The molecule has 0 saturated heterocycles. The van der Waals surface area contributed by atoms with Gasteiger partial charge in [0, 0.05) is 19.3 Å². The first-order valence-electron chi connectivity index (χ1n) is 4.69. The van der Waals surface area contributed by atoms with E-state index in [2.05, 4.69) is 23.7 Å². The van der Waals surface area contributed by atoms with Crippen LogP contribution in [0.25, 0.3) is 0 Å². The minimum absolute atomic E-state index is 0.441. The summed E-state index contributed by atoms with van der Waals surface area (Å²) in [6, 6.07) is 3.51. The van der Waals surface area contributed by atoms with Gasteiger partial charge in [0.1, 0.15) is 5.82 Å². The first kappa shape index (κ1) is 10.5. The first-order chi connectivity index (χ1) is 6.69. The molecule has 0 spiro atoms. The number of carbonyl (C=O) groups is 1. The van der Waals surface area contributed by atoms with Crippen LogP contribution in [0.4, 0.5) is 5.82 Å². The Morgan fingerprint density at radius 2 is 2.07 bits per heavy atom. The minimum Gasteiger partial charge on any atom is -0.366 e. The number of primary amides is 1. The van der Waals surface area contributed by atoms with Crippen molar-refractivity contribution >= 4 is 11.7 Å². The molecule has 2 N–H and O–H groups in total. The molecule has 0 aromatic carbocycles. The summed E-state index contributed by atoms with van der Waals surface area (Å²) in [6.07, 6.45) is 1.51. The molecular weight excluding hydrogens is 178 g/mol. The first-order valence-corrected chi connectivity index (χ1v) is 4.69. The summed E-state index contributed by atoms with van der Waals surface area (Å²) < 4.78 is 0. The fraction of sp³-hybridized carbons (Fsp3) is 0.400. The number of carbonyl (C=O) groups excluding carboxylic acids is 1. The molecule has 0 bridgehead atoms. The third-order valence-corrected chi connectivity index (χ3v) is 2.12. The van der Waals surface area contributed by atoms with Crippen LogP contribution in [0.1, 0.15) is 24.2 Å². The molecule has 76 valence electrons. The summed E-state index contributed by atoms with van der Waals surface area (Å²) in [5.74, 6) is 0.434. The molecule has 0 aliphatic heterocycles. The van der Waals surface area contributed by atoms with E-state index in [4.69, 9.17) is 5.73 Å². The Bertz CT molecular complexity index is 304. The molecule has 1 heterocycles. The van der Waals surface area contributed by atoms with Gasteiger partial charge < -0.3 is 10.6 Å². The van der Waals surface area contributed by atoms with Crippen LogP contribution in [0, 0.1) is 0 Å². The molecule has 1 rings (SSSR count). The second kappa shape index (κ2) is 4.60. The van der Waals surface area contributed by atoms with Crippen LogP contribution in [-0.2, 0) is 0 Å². The Morgan fingerprint density at radius 1 is 1.43 bits per heavy atom. The molecule has 0 aliphatic carbocycles. The number of hydrogen-bond donors (Lipinski definition) is 1. The quantitative estimate of drug-likeness (QED) is 0.776. The molecule has 0 aliphatic rings. The number of pyridine rings is 1. The lowest BCUT2D eigenvalue weighted by molar-refractivity contribution is 0.1000. The molecule has 0 atom stereocenters. The van der Waals surface area contributed by atoms with E-state index in [9.17, 15) is 4.79 Å². The number of rotatable bonds is 4. The highest BCUT2D eigenvalue weighted by Gasteiger charge is 2.04. The monoisotopic (exact) mass is 193 g/mol. The van der Waals surface area contributed by atoms with Gasteiger partial charge in [0.05, 0.1) is 5.56 Å². The number of aromatic nitrogens is 1. The van der Waals surface area contributed by atoms with Gasteiger partial charge in [-0.1, -0.05) is 0 Å². The van der Waals surface area contributed by atoms with Gasteiger partial charge in [-0.05, 0) is 26.0 Å². The van der Waals surface area contributed by atoms with Gasteiger partial charge in [0.25, 0.3) is 0 Å². The zero-order chi connectivity index (χ0) is 10.6. The molecular formula is C10H15N3O. The van der Waals surface area contributed by atoms with Crippen molar-refractivity contribution in [1.29, 1.82) is 0 Å². The lowest BCUT2D eigenvalue weighted by atomic mass is 10.2.